The lowest BCUT2D eigenvalue weighted by molar-refractivity contribution is 0.180. The molecule has 0 aromatic heterocycles. The third-order valence-corrected chi connectivity index (χ3v) is 1.90. The third kappa shape index (κ3) is 9.70. The number of hydrogen-bond donors (Lipinski definition) is 1. The summed E-state index contributed by atoms with van der Waals surface area (Å²) in [5, 5.41) is 8.98. The fraction of sp³-hybridized carbons (Fsp3) is 0.818. The van der Waals surface area contributed by atoms with Crippen LogP contribution in [-0.4, -0.2) is 11.2 Å². The molecule has 1 N–H and O–H groups in total. The van der Waals surface area contributed by atoms with Crippen LogP contribution in [0.3, 0.4) is 0 Å². The van der Waals surface area contributed by atoms with Crippen LogP contribution in [-0.2, 0) is 0 Å². The molecule has 72 valence electrons. The molecule has 0 amide bonds. The quantitative estimate of drug-likeness (QED) is 0.459. The fourth-order valence-corrected chi connectivity index (χ4v) is 1.16. The summed E-state index contributed by atoms with van der Waals surface area (Å²) < 4.78 is 0. The van der Waals surface area contributed by atoms with E-state index in [1.54, 1.807) is 0 Å². The summed E-state index contributed by atoms with van der Waals surface area (Å²) in [5.74, 6) is 0. The van der Waals surface area contributed by atoms with E-state index in [2.05, 4.69) is 19.1 Å². The molecule has 0 bridgehead atoms. The van der Waals surface area contributed by atoms with Crippen LogP contribution in [0.25, 0.3) is 0 Å². The van der Waals surface area contributed by atoms with Crippen LogP contribution in [0.4, 0.5) is 0 Å². The first-order valence-corrected chi connectivity index (χ1v) is 5.10. The maximum absolute atomic E-state index is 8.98. The monoisotopic (exact) mass is 170 g/mol. The molecule has 0 saturated heterocycles. The summed E-state index contributed by atoms with van der Waals surface area (Å²) in [4.78, 5) is 0. The van der Waals surface area contributed by atoms with Gasteiger partial charge in [-0.15, -0.1) is 0 Å². The first-order chi connectivity index (χ1) is 5.77. The molecule has 0 saturated carbocycles. The molecular formula is C11H22O. The summed E-state index contributed by atoms with van der Waals surface area (Å²) in [6, 6.07) is 0. The fourth-order valence-electron chi connectivity index (χ4n) is 1.16. The van der Waals surface area contributed by atoms with E-state index in [1.165, 1.54) is 19.3 Å². The Balaban J connectivity index is 2.96. The summed E-state index contributed by atoms with van der Waals surface area (Å²) in [5.41, 5.74) is 0. The van der Waals surface area contributed by atoms with Gasteiger partial charge in [0.1, 0.15) is 0 Å². The van der Waals surface area contributed by atoms with Crippen LogP contribution < -0.4 is 0 Å². The highest BCUT2D eigenvalue weighted by atomic mass is 16.3. The van der Waals surface area contributed by atoms with E-state index in [0.717, 1.165) is 19.3 Å². The summed E-state index contributed by atoms with van der Waals surface area (Å²) in [7, 11) is 0. The minimum Gasteiger partial charge on any atom is -0.393 e. The van der Waals surface area contributed by atoms with Gasteiger partial charge in [0.2, 0.25) is 0 Å². The van der Waals surface area contributed by atoms with E-state index in [-0.39, 0.29) is 6.10 Å². The van der Waals surface area contributed by atoms with Gasteiger partial charge in [-0.05, 0) is 32.6 Å². The van der Waals surface area contributed by atoms with Crippen molar-refractivity contribution in [2.45, 2.75) is 58.5 Å². The molecule has 0 fully saturated rings. The Morgan fingerprint density at radius 2 is 1.92 bits per heavy atom. The van der Waals surface area contributed by atoms with Gasteiger partial charge in [-0.2, -0.15) is 0 Å². The number of aliphatic hydroxyl groups excluding tert-OH is 1. The molecule has 12 heavy (non-hydrogen) atoms. The lowest BCUT2D eigenvalue weighted by atomic mass is 10.1. The summed E-state index contributed by atoms with van der Waals surface area (Å²) >= 11 is 0. The Morgan fingerprint density at radius 3 is 2.50 bits per heavy atom. The van der Waals surface area contributed by atoms with E-state index in [1.807, 2.05) is 6.92 Å². The average Bonchev–Trinajstić information content (AvgIpc) is 2.02. The van der Waals surface area contributed by atoms with Crippen molar-refractivity contribution in [3.63, 3.8) is 0 Å². The molecule has 0 aliphatic heterocycles. The van der Waals surface area contributed by atoms with Crippen molar-refractivity contribution in [3.05, 3.63) is 12.2 Å². The van der Waals surface area contributed by atoms with Gasteiger partial charge >= 0.3 is 0 Å². The second-order valence-corrected chi connectivity index (χ2v) is 3.37. The molecule has 0 aliphatic rings. The molecule has 0 heterocycles. The van der Waals surface area contributed by atoms with Crippen LogP contribution in [0.5, 0.6) is 0 Å². The largest absolute Gasteiger partial charge is 0.393 e. The highest BCUT2D eigenvalue weighted by molar-refractivity contribution is 4.79. The van der Waals surface area contributed by atoms with Crippen LogP contribution in [0, 0.1) is 0 Å². The number of rotatable bonds is 7. The first kappa shape index (κ1) is 11.7. The Morgan fingerprint density at radius 1 is 1.17 bits per heavy atom. The molecule has 0 unspecified atom stereocenters. The van der Waals surface area contributed by atoms with Crippen LogP contribution in [0.2, 0.25) is 0 Å². The second kappa shape index (κ2) is 8.79. The normalized spacial score (nSPS) is 13.9. The van der Waals surface area contributed by atoms with Crippen molar-refractivity contribution in [1.29, 1.82) is 0 Å². The third-order valence-electron chi connectivity index (χ3n) is 1.90. The zero-order chi connectivity index (χ0) is 9.23. The van der Waals surface area contributed by atoms with Crippen molar-refractivity contribution in [2.24, 2.45) is 0 Å². The lowest BCUT2D eigenvalue weighted by Gasteiger charge is -2.01. The number of unbranched alkanes of at least 4 members (excludes halogenated alkanes) is 3. The summed E-state index contributed by atoms with van der Waals surface area (Å²) in [6.45, 7) is 4.01. The maximum atomic E-state index is 8.98. The predicted molar refractivity (Wildman–Crippen MR) is 54.2 cm³/mol. The van der Waals surface area contributed by atoms with Crippen molar-refractivity contribution in [2.75, 3.05) is 0 Å². The molecule has 1 atom stereocenters. The van der Waals surface area contributed by atoms with Gasteiger partial charge in [-0.3, -0.25) is 0 Å². The molecule has 0 aromatic rings. The first-order valence-electron chi connectivity index (χ1n) is 5.10. The Kier molecular flexibility index (Phi) is 8.57. The van der Waals surface area contributed by atoms with Crippen LogP contribution in [0.15, 0.2) is 12.2 Å². The van der Waals surface area contributed by atoms with Gasteiger partial charge in [0.05, 0.1) is 6.10 Å². The van der Waals surface area contributed by atoms with Gasteiger partial charge in [0.15, 0.2) is 0 Å². The SMILES string of the molecule is CC/C=C\CCCCC[C@@H](C)O. The zero-order valence-electron chi connectivity index (χ0n) is 8.42. The summed E-state index contributed by atoms with van der Waals surface area (Å²) in [6.07, 6.45) is 11.3. The number of aliphatic hydroxyl groups is 1. The van der Waals surface area contributed by atoms with Crippen LogP contribution >= 0.6 is 0 Å². The van der Waals surface area contributed by atoms with Crippen molar-refractivity contribution >= 4 is 0 Å². The zero-order valence-corrected chi connectivity index (χ0v) is 8.42. The van der Waals surface area contributed by atoms with Crippen molar-refractivity contribution in [3.8, 4) is 0 Å². The Bertz CT molecular complexity index is 106. The lowest BCUT2D eigenvalue weighted by Crippen LogP contribution is -1.97. The molecule has 0 aromatic carbocycles. The van der Waals surface area contributed by atoms with Gasteiger partial charge in [0, 0.05) is 0 Å². The van der Waals surface area contributed by atoms with Gasteiger partial charge < -0.3 is 5.11 Å². The highest BCUT2D eigenvalue weighted by Crippen LogP contribution is 2.05. The molecule has 1 nitrogen and oxygen atoms in total. The molecule has 0 rings (SSSR count). The van der Waals surface area contributed by atoms with Crippen LogP contribution in [0.1, 0.15) is 52.4 Å². The smallest absolute Gasteiger partial charge is 0.0512 e. The Hall–Kier alpha value is -0.300. The van der Waals surface area contributed by atoms with Gasteiger partial charge in [-0.25, -0.2) is 0 Å². The standard InChI is InChI=1S/C11H22O/c1-3-4-5-6-7-8-9-10-11(2)12/h4-5,11-12H,3,6-10H2,1-2H3/b5-4-/t11-/m1/s1. The van der Waals surface area contributed by atoms with Gasteiger partial charge in [0.25, 0.3) is 0 Å². The topological polar surface area (TPSA) is 20.2 Å². The van der Waals surface area contributed by atoms with E-state index < -0.39 is 0 Å². The Labute approximate surface area is 76.5 Å². The molecular weight excluding hydrogens is 148 g/mol. The minimum atomic E-state index is -0.115. The van der Waals surface area contributed by atoms with E-state index in [9.17, 15) is 0 Å². The average molecular weight is 170 g/mol. The number of allylic oxidation sites excluding steroid dienone is 2. The van der Waals surface area contributed by atoms with Crippen molar-refractivity contribution in [1.82, 2.24) is 0 Å². The molecule has 0 aliphatic carbocycles. The van der Waals surface area contributed by atoms with E-state index in [0.29, 0.717) is 0 Å². The van der Waals surface area contributed by atoms with Gasteiger partial charge in [-0.1, -0.05) is 31.9 Å². The number of hydrogen-bond acceptors (Lipinski definition) is 1. The van der Waals surface area contributed by atoms with E-state index in [4.69, 9.17) is 5.11 Å². The second-order valence-electron chi connectivity index (χ2n) is 3.37. The molecule has 0 radical (unpaired) electrons. The highest BCUT2D eigenvalue weighted by Gasteiger charge is 1.93. The minimum absolute atomic E-state index is 0.115. The van der Waals surface area contributed by atoms with E-state index >= 15 is 0 Å². The molecule has 1 heteroatoms. The molecule has 0 spiro atoms. The van der Waals surface area contributed by atoms with Crippen molar-refractivity contribution < 1.29 is 5.11 Å². The predicted octanol–water partition coefficient (Wildman–Crippen LogP) is 3.28. The maximum Gasteiger partial charge on any atom is 0.0512 e.